The quantitative estimate of drug-likeness (QED) is 0.425. The third-order valence-corrected chi connectivity index (χ3v) is 7.21. The standard InChI is InChI=1S/C27H28N4OS/c32-27(29-17-19-5-2-1-3-6-19)22-8-4-7-20(13-22)16-26-28-12-11-23(31-26)14-21-9-10-24-25(15-21)33-18-30-24/h4,7-13,15,18-19H,1-3,5-6,14,16-17H2,(H,29,32)/p+1. The third-order valence-electron chi connectivity index (χ3n) is 6.42. The van der Waals surface area contributed by atoms with Crippen LogP contribution in [0.2, 0.25) is 0 Å². The number of hydrogen-bond acceptors (Lipinski definition) is 4. The van der Waals surface area contributed by atoms with Crippen LogP contribution in [-0.4, -0.2) is 22.4 Å². The fraction of sp³-hybridized carbons (Fsp3) is 0.333. The first-order valence-electron chi connectivity index (χ1n) is 11.8. The number of amides is 1. The molecular formula is C27H29N4OS+. The van der Waals surface area contributed by atoms with Crippen molar-refractivity contribution in [3.63, 3.8) is 0 Å². The number of carbonyl (C=O) groups is 1. The number of carbonyl (C=O) groups excluding carboxylic acids is 1. The number of nitrogens with zero attached hydrogens (tertiary/aromatic N) is 2. The third kappa shape index (κ3) is 5.63. The van der Waals surface area contributed by atoms with Crippen LogP contribution < -0.4 is 10.3 Å². The van der Waals surface area contributed by atoms with Crippen molar-refractivity contribution >= 4 is 27.5 Å². The van der Waals surface area contributed by atoms with Crippen LogP contribution in [0.15, 0.2) is 60.2 Å². The van der Waals surface area contributed by atoms with E-state index in [0.29, 0.717) is 12.3 Å². The van der Waals surface area contributed by atoms with Gasteiger partial charge in [-0.2, -0.15) is 0 Å². The molecule has 5 rings (SSSR count). The Balaban J connectivity index is 1.23. The lowest BCUT2D eigenvalue weighted by molar-refractivity contribution is -0.394. The zero-order valence-electron chi connectivity index (χ0n) is 18.7. The van der Waals surface area contributed by atoms with Crippen molar-refractivity contribution < 1.29 is 9.78 Å². The summed E-state index contributed by atoms with van der Waals surface area (Å²) in [5.74, 6) is 1.54. The minimum atomic E-state index is 0.0200. The highest BCUT2D eigenvalue weighted by Gasteiger charge is 2.16. The maximum atomic E-state index is 12.7. The molecule has 2 aromatic carbocycles. The second-order valence-electron chi connectivity index (χ2n) is 8.95. The van der Waals surface area contributed by atoms with Crippen LogP contribution in [0, 0.1) is 5.92 Å². The predicted molar refractivity (Wildman–Crippen MR) is 131 cm³/mol. The van der Waals surface area contributed by atoms with Crippen molar-refractivity contribution in [3.05, 3.63) is 88.4 Å². The van der Waals surface area contributed by atoms with E-state index >= 15 is 0 Å². The van der Waals surface area contributed by atoms with E-state index in [9.17, 15) is 4.79 Å². The van der Waals surface area contributed by atoms with Crippen LogP contribution in [0.1, 0.15) is 65.1 Å². The zero-order valence-corrected chi connectivity index (χ0v) is 19.5. The maximum absolute atomic E-state index is 12.7. The largest absolute Gasteiger partial charge is 0.352 e. The number of thiazole rings is 1. The van der Waals surface area contributed by atoms with Gasteiger partial charge in [-0.15, -0.1) is 11.3 Å². The molecule has 2 heterocycles. The van der Waals surface area contributed by atoms with Gasteiger partial charge < -0.3 is 5.32 Å². The van der Waals surface area contributed by atoms with Crippen LogP contribution in [0.3, 0.4) is 0 Å². The van der Waals surface area contributed by atoms with Gasteiger partial charge in [-0.3, -0.25) is 4.79 Å². The highest BCUT2D eigenvalue weighted by molar-refractivity contribution is 7.16. The summed E-state index contributed by atoms with van der Waals surface area (Å²) in [6.07, 6.45) is 9.76. The van der Waals surface area contributed by atoms with Crippen LogP contribution >= 0.6 is 11.3 Å². The molecule has 2 aromatic heterocycles. The van der Waals surface area contributed by atoms with E-state index in [-0.39, 0.29) is 5.91 Å². The Morgan fingerprint density at radius 2 is 1.91 bits per heavy atom. The molecule has 1 fully saturated rings. The molecule has 0 radical (unpaired) electrons. The van der Waals surface area contributed by atoms with E-state index in [1.807, 2.05) is 36.0 Å². The van der Waals surface area contributed by atoms with Crippen molar-refractivity contribution in [1.82, 2.24) is 15.3 Å². The molecule has 6 heteroatoms. The molecule has 168 valence electrons. The first kappa shape index (κ1) is 21.7. The maximum Gasteiger partial charge on any atom is 0.300 e. The van der Waals surface area contributed by atoms with E-state index in [1.165, 1.54) is 42.4 Å². The van der Waals surface area contributed by atoms with Gasteiger partial charge in [-0.05, 0) is 54.2 Å². The fourth-order valence-electron chi connectivity index (χ4n) is 4.63. The average molecular weight is 458 g/mol. The number of aromatic nitrogens is 3. The molecule has 2 N–H and O–H groups in total. The Kier molecular flexibility index (Phi) is 6.72. The van der Waals surface area contributed by atoms with E-state index in [0.717, 1.165) is 41.1 Å². The molecule has 0 aliphatic heterocycles. The first-order chi connectivity index (χ1) is 16.2. The molecule has 33 heavy (non-hydrogen) atoms. The Hall–Kier alpha value is -3.12. The second kappa shape index (κ2) is 10.2. The van der Waals surface area contributed by atoms with Crippen molar-refractivity contribution in [2.45, 2.75) is 44.9 Å². The van der Waals surface area contributed by atoms with Gasteiger partial charge in [0, 0.05) is 24.6 Å². The molecule has 0 atom stereocenters. The number of H-pyrrole nitrogens is 1. The molecule has 1 amide bonds. The first-order valence-corrected chi connectivity index (χ1v) is 12.7. The van der Waals surface area contributed by atoms with Gasteiger partial charge in [0.15, 0.2) is 5.69 Å². The molecule has 1 aliphatic carbocycles. The second-order valence-corrected chi connectivity index (χ2v) is 9.84. The lowest BCUT2D eigenvalue weighted by Gasteiger charge is -2.21. The number of hydrogen-bond donors (Lipinski definition) is 1. The summed E-state index contributed by atoms with van der Waals surface area (Å²) in [7, 11) is 0. The summed E-state index contributed by atoms with van der Waals surface area (Å²) in [4.78, 5) is 25.1. The van der Waals surface area contributed by atoms with Crippen LogP contribution in [0.4, 0.5) is 0 Å². The van der Waals surface area contributed by atoms with Gasteiger partial charge in [-0.25, -0.2) is 9.97 Å². The zero-order chi connectivity index (χ0) is 22.5. The Bertz CT molecular complexity index is 1250. The normalized spacial score (nSPS) is 14.4. The molecule has 0 spiro atoms. The Morgan fingerprint density at radius 3 is 2.82 bits per heavy atom. The molecule has 4 aromatic rings. The summed E-state index contributed by atoms with van der Waals surface area (Å²) >= 11 is 1.66. The Morgan fingerprint density at radius 1 is 1.03 bits per heavy atom. The van der Waals surface area contributed by atoms with Gasteiger partial charge in [0.05, 0.1) is 28.3 Å². The van der Waals surface area contributed by atoms with Gasteiger partial charge in [0.25, 0.3) is 5.91 Å². The number of benzene rings is 2. The van der Waals surface area contributed by atoms with Gasteiger partial charge >= 0.3 is 5.82 Å². The summed E-state index contributed by atoms with van der Waals surface area (Å²) in [5.41, 5.74) is 6.97. The van der Waals surface area contributed by atoms with E-state index in [4.69, 9.17) is 4.98 Å². The van der Waals surface area contributed by atoms with Gasteiger partial charge in [0.1, 0.15) is 0 Å². The highest BCUT2D eigenvalue weighted by Crippen LogP contribution is 2.23. The lowest BCUT2D eigenvalue weighted by Crippen LogP contribution is -2.30. The number of rotatable bonds is 7. The van der Waals surface area contributed by atoms with Crippen molar-refractivity contribution in [2.75, 3.05) is 6.54 Å². The molecule has 5 nitrogen and oxygen atoms in total. The molecule has 1 aliphatic rings. The topological polar surface area (TPSA) is 69.0 Å². The minimum Gasteiger partial charge on any atom is -0.352 e. The average Bonchev–Trinajstić information content (AvgIpc) is 3.32. The van der Waals surface area contributed by atoms with Crippen LogP contribution in [0.5, 0.6) is 0 Å². The lowest BCUT2D eigenvalue weighted by atomic mass is 9.89. The SMILES string of the molecule is O=C(NCC1CCCCC1)c1cccc(Cc2nc(Cc3ccc4ncsc4c3)cc[nH+]2)c1. The summed E-state index contributed by atoms with van der Waals surface area (Å²) in [6, 6.07) is 16.3. The summed E-state index contributed by atoms with van der Waals surface area (Å²) in [6.45, 7) is 0.785. The smallest absolute Gasteiger partial charge is 0.300 e. The van der Waals surface area contributed by atoms with Crippen molar-refractivity contribution in [3.8, 4) is 0 Å². The molecular weight excluding hydrogens is 428 g/mol. The van der Waals surface area contributed by atoms with Gasteiger partial charge in [-0.1, -0.05) is 42.4 Å². The monoisotopic (exact) mass is 457 g/mol. The summed E-state index contributed by atoms with van der Waals surface area (Å²) in [5, 5.41) is 3.14. The fourth-order valence-corrected chi connectivity index (χ4v) is 5.37. The van der Waals surface area contributed by atoms with E-state index in [1.54, 1.807) is 11.3 Å². The van der Waals surface area contributed by atoms with Gasteiger partial charge in [0.2, 0.25) is 0 Å². The van der Waals surface area contributed by atoms with Crippen LogP contribution in [0.25, 0.3) is 10.2 Å². The number of fused-ring (bicyclic) bond motifs is 1. The number of nitrogens with one attached hydrogen (secondary N) is 2. The molecule has 0 saturated heterocycles. The predicted octanol–water partition coefficient (Wildman–Crippen LogP) is 5.00. The molecule has 0 bridgehead atoms. The molecule has 1 saturated carbocycles. The minimum absolute atomic E-state index is 0.0200. The highest BCUT2D eigenvalue weighted by atomic mass is 32.1. The van der Waals surface area contributed by atoms with Crippen molar-refractivity contribution in [1.29, 1.82) is 0 Å². The summed E-state index contributed by atoms with van der Waals surface area (Å²) < 4.78 is 1.20. The van der Waals surface area contributed by atoms with Crippen molar-refractivity contribution in [2.24, 2.45) is 5.92 Å². The van der Waals surface area contributed by atoms with E-state index in [2.05, 4.69) is 39.6 Å². The van der Waals surface area contributed by atoms with E-state index < -0.39 is 0 Å². The molecule has 0 unspecified atom stereocenters. The Labute approximate surface area is 198 Å². The number of aromatic amines is 1. The van der Waals surface area contributed by atoms with Crippen LogP contribution in [-0.2, 0) is 12.8 Å².